The van der Waals surface area contributed by atoms with E-state index in [9.17, 15) is 0 Å². The molecule has 0 spiro atoms. The van der Waals surface area contributed by atoms with Gasteiger partial charge in [-0.3, -0.25) is 4.90 Å². The summed E-state index contributed by atoms with van der Waals surface area (Å²) in [5, 5.41) is 3.44. The number of ether oxygens (including phenoxy) is 2. The lowest BCUT2D eigenvalue weighted by atomic mass is 9.97. The number of halogens is 2. The number of nitrogens with zero attached hydrogens (tertiary/aromatic N) is 1. The van der Waals surface area contributed by atoms with E-state index in [-0.39, 0.29) is 24.8 Å². The standard InChI is InChI=1S/C17H26N2O2.2ClH/c1-2-3-4-7-15(19-11-9-18-10-12-19)14-6-5-8-16-17(14)21-13-20-16;;/h5-6,8,15,18H,2-4,7,9-13H2,1H3;2*1H/t15-;;/m0../s1. The summed E-state index contributed by atoms with van der Waals surface area (Å²) in [5.74, 6) is 1.88. The normalized spacial score (nSPS) is 18.0. The minimum atomic E-state index is 0. The van der Waals surface area contributed by atoms with Gasteiger partial charge in [0.05, 0.1) is 0 Å². The Kier molecular flexibility index (Phi) is 9.07. The monoisotopic (exact) mass is 362 g/mol. The van der Waals surface area contributed by atoms with Crippen molar-refractivity contribution in [1.82, 2.24) is 10.2 Å². The van der Waals surface area contributed by atoms with Crippen molar-refractivity contribution in [1.29, 1.82) is 0 Å². The number of hydrogen-bond acceptors (Lipinski definition) is 4. The molecule has 2 aliphatic rings. The first-order chi connectivity index (χ1) is 10.4. The Morgan fingerprint density at radius 2 is 1.91 bits per heavy atom. The van der Waals surface area contributed by atoms with Crippen LogP contribution in [0.15, 0.2) is 18.2 Å². The SMILES string of the molecule is CCCCC[C@@H](c1cccc2c1OCO2)N1CCNCC1.Cl.Cl. The molecule has 2 heterocycles. The van der Waals surface area contributed by atoms with Gasteiger partial charge in [-0.1, -0.05) is 38.3 Å². The van der Waals surface area contributed by atoms with Gasteiger partial charge < -0.3 is 14.8 Å². The van der Waals surface area contributed by atoms with Crippen LogP contribution in [0.25, 0.3) is 0 Å². The second kappa shape index (κ2) is 10.2. The minimum Gasteiger partial charge on any atom is -0.454 e. The molecule has 1 fully saturated rings. The molecule has 2 aliphatic heterocycles. The molecule has 0 saturated carbocycles. The van der Waals surface area contributed by atoms with Crippen molar-refractivity contribution in [3.05, 3.63) is 23.8 Å². The van der Waals surface area contributed by atoms with Gasteiger partial charge in [-0.2, -0.15) is 0 Å². The van der Waals surface area contributed by atoms with Crippen LogP contribution in [0.1, 0.15) is 44.2 Å². The maximum Gasteiger partial charge on any atom is 0.231 e. The molecule has 0 amide bonds. The second-order valence-corrected chi connectivity index (χ2v) is 5.88. The van der Waals surface area contributed by atoms with E-state index in [0.717, 1.165) is 37.7 Å². The Bertz CT molecular complexity index is 468. The first-order valence-corrected chi connectivity index (χ1v) is 8.23. The predicted molar refractivity (Wildman–Crippen MR) is 98.4 cm³/mol. The molecule has 0 radical (unpaired) electrons. The fourth-order valence-electron chi connectivity index (χ4n) is 3.33. The fraction of sp³-hybridized carbons (Fsp3) is 0.647. The molecule has 0 bridgehead atoms. The van der Waals surface area contributed by atoms with E-state index in [4.69, 9.17) is 9.47 Å². The Morgan fingerprint density at radius 1 is 1.13 bits per heavy atom. The van der Waals surface area contributed by atoms with E-state index >= 15 is 0 Å². The van der Waals surface area contributed by atoms with Crippen LogP contribution in [0.2, 0.25) is 0 Å². The summed E-state index contributed by atoms with van der Waals surface area (Å²) in [6, 6.07) is 6.77. The maximum atomic E-state index is 5.74. The molecule has 1 atom stereocenters. The fourth-order valence-corrected chi connectivity index (χ4v) is 3.33. The summed E-state index contributed by atoms with van der Waals surface area (Å²) in [7, 11) is 0. The highest BCUT2D eigenvalue weighted by molar-refractivity contribution is 5.85. The maximum absolute atomic E-state index is 5.74. The third-order valence-electron chi connectivity index (χ3n) is 4.46. The van der Waals surface area contributed by atoms with Crippen LogP contribution < -0.4 is 14.8 Å². The summed E-state index contributed by atoms with van der Waals surface area (Å²) in [5.41, 5.74) is 1.31. The molecule has 1 aromatic rings. The number of piperazine rings is 1. The van der Waals surface area contributed by atoms with Crippen LogP contribution >= 0.6 is 24.8 Å². The average Bonchev–Trinajstić information content (AvgIpc) is 3.01. The van der Waals surface area contributed by atoms with E-state index in [2.05, 4.69) is 29.3 Å². The van der Waals surface area contributed by atoms with E-state index in [1.54, 1.807) is 0 Å². The van der Waals surface area contributed by atoms with E-state index in [1.165, 1.54) is 31.2 Å². The quantitative estimate of drug-likeness (QED) is 0.780. The van der Waals surface area contributed by atoms with Crippen molar-refractivity contribution in [3.63, 3.8) is 0 Å². The Balaban J connectivity index is 0.00000132. The molecule has 23 heavy (non-hydrogen) atoms. The summed E-state index contributed by atoms with van der Waals surface area (Å²) in [6.07, 6.45) is 5.04. The highest BCUT2D eigenvalue weighted by Gasteiger charge is 2.28. The van der Waals surface area contributed by atoms with Crippen molar-refractivity contribution < 1.29 is 9.47 Å². The molecule has 6 heteroatoms. The zero-order valence-electron chi connectivity index (χ0n) is 13.8. The van der Waals surface area contributed by atoms with Crippen LogP contribution in [0.5, 0.6) is 11.5 Å². The largest absolute Gasteiger partial charge is 0.454 e. The van der Waals surface area contributed by atoms with Crippen molar-refractivity contribution in [2.75, 3.05) is 33.0 Å². The Morgan fingerprint density at radius 3 is 2.65 bits per heavy atom. The van der Waals surface area contributed by atoms with Gasteiger partial charge in [0.1, 0.15) is 0 Å². The third-order valence-corrected chi connectivity index (χ3v) is 4.46. The molecule has 1 N–H and O–H groups in total. The third kappa shape index (κ3) is 4.90. The molecular formula is C17H28Cl2N2O2. The van der Waals surface area contributed by atoms with Gasteiger partial charge in [-0.25, -0.2) is 0 Å². The number of fused-ring (bicyclic) bond motifs is 1. The lowest BCUT2D eigenvalue weighted by Crippen LogP contribution is -2.45. The second-order valence-electron chi connectivity index (χ2n) is 5.88. The van der Waals surface area contributed by atoms with Crippen molar-refractivity contribution in [2.45, 2.75) is 38.6 Å². The zero-order valence-corrected chi connectivity index (χ0v) is 15.4. The minimum absolute atomic E-state index is 0. The molecule has 3 rings (SSSR count). The van der Waals surface area contributed by atoms with E-state index < -0.39 is 0 Å². The summed E-state index contributed by atoms with van der Waals surface area (Å²) >= 11 is 0. The van der Waals surface area contributed by atoms with Gasteiger partial charge in [0, 0.05) is 37.8 Å². The van der Waals surface area contributed by atoms with Gasteiger partial charge in [0.15, 0.2) is 11.5 Å². The number of benzene rings is 1. The number of para-hydroxylation sites is 1. The predicted octanol–water partition coefficient (Wildman–Crippen LogP) is 3.79. The topological polar surface area (TPSA) is 33.7 Å². The number of unbranched alkanes of at least 4 members (excludes halogenated alkanes) is 2. The highest BCUT2D eigenvalue weighted by Crippen LogP contribution is 2.41. The highest BCUT2D eigenvalue weighted by atomic mass is 35.5. The van der Waals surface area contributed by atoms with E-state index in [0.29, 0.717) is 12.8 Å². The summed E-state index contributed by atoms with van der Waals surface area (Å²) in [4.78, 5) is 2.60. The van der Waals surface area contributed by atoms with Crippen LogP contribution in [0.3, 0.4) is 0 Å². The lowest BCUT2D eigenvalue weighted by molar-refractivity contribution is 0.152. The molecule has 0 aromatic heterocycles. The molecule has 0 aliphatic carbocycles. The van der Waals surface area contributed by atoms with Gasteiger partial charge >= 0.3 is 0 Å². The van der Waals surface area contributed by atoms with E-state index in [1.807, 2.05) is 6.07 Å². The summed E-state index contributed by atoms with van der Waals surface area (Å²) in [6.45, 7) is 7.00. The van der Waals surface area contributed by atoms with Gasteiger partial charge in [0.2, 0.25) is 6.79 Å². The lowest BCUT2D eigenvalue weighted by Gasteiger charge is -2.35. The molecule has 1 saturated heterocycles. The molecule has 4 nitrogen and oxygen atoms in total. The first-order valence-electron chi connectivity index (χ1n) is 8.23. The van der Waals surface area contributed by atoms with Crippen LogP contribution in [-0.4, -0.2) is 37.9 Å². The number of hydrogen-bond donors (Lipinski definition) is 1. The van der Waals surface area contributed by atoms with Gasteiger partial charge in [0.25, 0.3) is 0 Å². The molecule has 0 unspecified atom stereocenters. The van der Waals surface area contributed by atoms with Crippen LogP contribution in [0.4, 0.5) is 0 Å². The van der Waals surface area contributed by atoms with Crippen molar-refractivity contribution >= 4 is 24.8 Å². The smallest absolute Gasteiger partial charge is 0.231 e. The Labute approximate surface area is 151 Å². The Hall–Kier alpha value is -0.680. The zero-order chi connectivity index (χ0) is 14.5. The van der Waals surface area contributed by atoms with Crippen molar-refractivity contribution in [3.8, 4) is 11.5 Å². The number of rotatable bonds is 6. The molecule has 1 aromatic carbocycles. The van der Waals surface area contributed by atoms with Gasteiger partial charge in [-0.05, 0) is 12.5 Å². The number of nitrogens with one attached hydrogen (secondary N) is 1. The van der Waals surface area contributed by atoms with Crippen LogP contribution in [0, 0.1) is 0 Å². The first kappa shape index (κ1) is 20.4. The molecular weight excluding hydrogens is 335 g/mol. The average molecular weight is 363 g/mol. The van der Waals surface area contributed by atoms with Crippen LogP contribution in [-0.2, 0) is 0 Å². The molecule has 132 valence electrons. The van der Waals surface area contributed by atoms with Crippen molar-refractivity contribution in [2.24, 2.45) is 0 Å². The summed E-state index contributed by atoms with van der Waals surface area (Å²) < 4.78 is 11.3. The van der Waals surface area contributed by atoms with Gasteiger partial charge in [-0.15, -0.1) is 24.8 Å².